The number of aliphatic hydroxyl groups excluding tert-OH is 1. The monoisotopic (exact) mass is 454 g/mol. The normalized spacial score (nSPS) is 25.0. The van der Waals surface area contributed by atoms with Crippen molar-refractivity contribution in [2.24, 2.45) is 5.92 Å². The number of ether oxygens (including phenoxy) is 3. The number of amides is 1. The van der Waals surface area contributed by atoms with E-state index in [1.807, 2.05) is 0 Å². The van der Waals surface area contributed by atoms with Crippen LogP contribution in [0.5, 0.6) is 11.5 Å². The number of aliphatic hydroxyl groups is 1. The number of sulfone groups is 1. The predicted molar refractivity (Wildman–Crippen MR) is 112 cm³/mol. The first-order chi connectivity index (χ1) is 14.8. The van der Waals surface area contributed by atoms with Crippen molar-refractivity contribution in [3.05, 3.63) is 18.2 Å². The van der Waals surface area contributed by atoms with E-state index in [2.05, 4.69) is 4.90 Å². The lowest BCUT2D eigenvalue weighted by Gasteiger charge is -2.36. The molecule has 2 saturated heterocycles. The zero-order chi connectivity index (χ0) is 22.0. The van der Waals surface area contributed by atoms with Gasteiger partial charge in [0, 0.05) is 25.4 Å². The molecule has 31 heavy (non-hydrogen) atoms. The molecule has 0 saturated carbocycles. The second-order valence-electron chi connectivity index (χ2n) is 8.57. The van der Waals surface area contributed by atoms with Crippen LogP contribution in [0.3, 0.4) is 0 Å². The van der Waals surface area contributed by atoms with Crippen molar-refractivity contribution in [2.45, 2.75) is 36.3 Å². The van der Waals surface area contributed by atoms with Gasteiger partial charge < -0.3 is 19.3 Å². The van der Waals surface area contributed by atoms with Gasteiger partial charge in [0.1, 0.15) is 19.3 Å². The fourth-order valence-electron chi connectivity index (χ4n) is 4.40. The third kappa shape index (κ3) is 5.24. The Morgan fingerprint density at radius 3 is 2.61 bits per heavy atom. The highest BCUT2D eigenvalue weighted by molar-refractivity contribution is 7.90. The summed E-state index contributed by atoms with van der Waals surface area (Å²) in [6.45, 7) is 3.86. The van der Waals surface area contributed by atoms with Gasteiger partial charge in [0.2, 0.25) is 0 Å². The molecule has 3 heterocycles. The third-order valence-electron chi connectivity index (χ3n) is 6.29. The Bertz CT molecular complexity index is 899. The summed E-state index contributed by atoms with van der Waals surface area (Å²) in [6.07, 6.45) is 3.68. The summed E-state index contributed by atoms with van der Waals surface area (Å²) in [5.74, 6) is 1.58. The molecule has 0 aromatic heterocycles. The van der Waals surface area contributed by atoms with Gasteiger partial charge in [0.05, 0.1) is 17.5 Å². The van der Waals surface area contributed by atoms with Crippen LogP contribution in [-0.4, -0.2) is 93.8 Å². The number of rotatable bonds is 7. The van der Waals surface area contributed by atoms with Gasteiger partial charge in [-0.3, -0.25) is 9.80 Å². The summed E-state index contributed by atoms with van der Waals surface area (Å²) in [6, 6.07) is 4.49. The minimum atomic E-state index is -3.30. The minimum absolute atomic E-state index is 0.0670. The van der Waals surface area contributed by atoms with Crippen LogP contribution < -0.4 is 9.47 Å². The number of hydrogen-bond acceptors (Lipinski definition) is 8. The summed E-state index contributed by atoms with van der Waals surface area (Å²) in [5.41, 5.74) is 0. The standard InChI is InChI=1S/C21H30N2O7S/c1-31(26,27)18-2-3-19-20(10-18)30-17(14-28-19)11-22-7-4-15(5-8-22)6-9-23-16(12-24)13-29-21(23)25/h2-3,10,15-17,24H,4-9,11-14H2,1H3/t16-,17+/m1/s1. The Morgan fingerprint density at radius 1 is 1.13 bits per heavy atom. The van der Waals surface area contributed by atoms with Crippen LogP contribution in [0.25, 0.3) is 0 Å². The van der Waals surface area contributed by atoms with E-state index < -0.39 is 9.84 Å². The van der Waals surface area contributed by atoms with Crippen molar-refractivity contribution in [3.63, 3.8) is 0 Å². The minimum Gasteiger partial charge on any atom is -0.486 e. The summed E-state index contributed by atoms with van der Waals surface area (Å²) < 4.78 is 40.4. The molecule has 0 unspecified atom stereocenters. The molecule has 1 aromatic carbocycles. The van der Waals surface area contributed by atoms with Gasteiger partial charge in [0.25, 0.3) is 0 Å². The number of hydrogen-bond donors (Lipinski definition) is 1. The Hall–Kier alpha value is -2.04. The molecule has 2 fully saturated rings. The van der Waals surface area contributed by atoms with Crippen molar-refractivity contribution < 1.29 is 32.5 Å². The molecule has 3 aliphatic heterocycles. The summed E-state index contributed by atoms with van der Waals surface area (Å²) in [7, 11) is -3.30. The highest BCUT2D eigenvalue weighted by Crippen LogP contribution is 2.34. The Morgan fingerprint density at radius 2 is 1.90 bits per heavy atom. The molecule has 1 amide bonds. The molecule has 1 N–H and O–H groups in total. The summed E-state index contributed by atoms with van der Waals surface area (Å²) in [5, 5.41) is 9.37. The van der Waals surface area contributed by atoms with Gasteiger partial charge in [0.15, 0.2) is 21.3 Å². The highest BCUT2D eigenvalue weighted by atomic mass is 32.2. The Labute approximate surface area is 182 Å². The molecule has 172 valence electrons. The highest BCUT2D eigenvalue weighted by Gasteiger charge is 2.33. The van der Waals surface area contributed by atoms with E-state index in [9.17, 15) is 18.3 Å². The van der Waals surface area contributed by atoms with Crippen molar-refractivity contribution >= 4 is 15.9 Å². The molecule has 9 nitrogen and oxygen atoms in total. The summed E-state index contributed by atoms with van der Waals surface area (Å²) >= 11 is 0. The van der Waals surface area contributed by atoms with E-state index in [0.717, 1.165) is 38.9 Å². The van der Waals surface area contributed by atoms with Crippen LogP contribution in [0.2, 0.25) is 0 Å². The maximum Gasteiger partial charge on any atom is 0.410 e. The zero-order valence-electron chi connectivity index (χ0n) is 17.7. The van der Waals surface area contributed by atoms with Crippen molar-refractivity contribution in [1.82, 2.24) is 9.80 Å². The molecule has 0 aliphatic carbocycles. The number of likely N-dealkylation sites (tertiary alicyclic amines) is 1. The smallest absolute Gasteiger partial charge is 0.410 e. The maximum absolute atomic E-state index is 11.8. The van der Waals surface area contributed by atoms with E-state index in [1.54, 1.807) is 11.0 Å². The number of fused-ring (bicyclic) bond motifs is 1. The van der Waals surface area contributed by atoms with Gasteiger partial charge in [-0.25, -0.2) is 13.2 Å². The first-order valence-corrected chi connectivity index (χ1v) is 12.6. The van der Waals surface area contributed by atoms with Crippen LogP contribution in [0.4, 0.5) is 4.79 Å². The van der Waals surface area contributed by atoms with Crippen LogP contribution in [0, 0.1) is 5.92 Å². The van der Waals surface area contributed by atoms with Gasteiger partial charge >= 0.3 is 6.09 Å². The fourth-order valence-corrected chi connectivity index (χ4v) is 5.03. The molecule has 4 rings (SSSR count). The first-order valence-electron chi connectivity index (χ1n) is 10.7. The number of carbonyl (C=O) groups excluding carboxylic acids is 1. The lowest BCUT2D eigenvalue weighted by atomic mass is 9.93. The predicted octanol–water partition coefficient (Wildman–Crippen LogP) is 1.15. The van der Waals surface area contributed by atoms with E-state index >= 15 is 0 Å². The molecule has 10 heteroatoms. The molecular formula is C21H30N2O7S. The molecular weight excluding hydrogens is 424 g/mol. The molecule has 2 atom stereocenters. The topological polar surface area (TPSA) is 106 Å². The number of piperidine rings is 1. The van der Waals surface area contributed by atoms with Gasteiger partial charge in [-0.05, 0) is 50.4 Å². The van der Waals surface area contributed by atoms with Crippen molar-refractivity contribution in [2.75, 3.05) is 52.3 Å². The zero-order valence-corrected chi connectivity index (χ0v) is 18.6. The lowest BCUT2D eigenvalue weighted by Crippen LogP contribution is -2.44. The molecule has 0 radical (unpaired) electrons. The van der Waals surface area contributed by atoms with E-state index in [0.29, 0.717) is 30.6 Å². The molecule has 3 aliphatic rings. The largest absolute Gasteiger partial charge is 0.486 e. The average molecular weight is 455 g/mol. The quantitative estimate of drug-likeness (QED) is 0.654. The molecule has 0 bridgehead atoms. The van der Waals surface area contributed by atoms with Crippen molar-refractivity contribution in [1.29, 1.82) is 0 Å². The van der Waals surface area contributed by atoms with Crippen LogP contribution in [0.15, 0.2) is 23.1 Å². The Balaban J connectivity index is 1.24. The number of benzene rings is 1. The molecule has 1 aromatic rings. The average Bonchev–Trinajstić information content (AvgIpc) is 3.11. The Kier molecular flexibility index (Phi) is 6.59. The van der Waals surface area contributed by atoms with Gasteiger partial charge in [-0.2, -0.15) is 0 Å². The first kappa shape index (κ1) is 22.2. The summed E-state index contributed by atoms with van der Waals surface area (Å²) in [4.78, 5) is 16.0. The van der Waals surface area contributed by atoms with E-state index in [-0.39, 0.29) is 36.3 Å². The van der Waals surface area contributed by atoms with E-state index in [1.165, 1.54) is 18.4 Å². The van der Waals surface area contributed by atoms with Crippen LogP contribution in [-0.2, 0) is 14.6 Å². The fraction of sp³-hybridized carbons (Fsp3) is 0.667. The number of cyclic esters (lactones) is 1. The van der Waals surface area contributed by atoms with Crippen molar-refractivity contribution in [3.8, 4) is 11.5 Å². The van der Waals surface area contributed by atoms with E-state index in [4.69, 9.17) is 14.2 Å². The van der Waals surface area contributed by atoms with Crippen LogP contribution in [0.1, 0.15) is 19.3 Å². The van der Waals surface area contributed by atoms with Gasteiger partial charge in [-0.1, -0.05) is 0 Å². The molecule has 0 spiro atoms. The van der Waals surface area contributed by atoms with Gasteiger partial charge in [-0.15, -0.1) is 0 Å². The SMILES string of the molecule is CS(=O)(=O)c1ccc2c(c1)O[C@@H](CN1CCC(CCN3C(=O)OC[C@H]3CO)CC1)CO2. The maximum atomic E-state index is 11.8. The second-order valence-corrected chi connectivity index (χ2v) is 10.6. The third-order valence-corrected chi connectivity index (χ3v) is 7.40. The number of nitrogens with zero attached hydrogens (tertiary/aromatic N) is 2. The number of carbonyl (C=O) groups is 1. The van der Waals surface area contributed by atoms with Crippen LogP contribution >= 0.6 is 0 Å². The second kappa shape index (κ2) is 9.22. The lowest BCUT2D eigenvalue weighted by molar-refractivity contribution is 0.0461.